The standard InChI is InChI=1S/C31H34F4N4O4.Li/c1-30(2,3)43-29(42)39-14-12-20(13-15-39)19-5-9-24(10-6-19)37-28-36-18-25(31(33,34)35)26(38-28)11-7-21-16-23(32)8-4-22(21)17-27(40)41;/h4-6,8-10,16,18,20H,7,11-15,17H2,1-3H3,(H,40,41)(H,36,37,38);/q;+1/p-1. The SMILES string of the molecule is CC(C)(C)OC(=O)N1CCC(c2ccc(Nc3ncc(C(F)(F)F)c(CCc4cc(F)ccc4CC(=O)[O-])n3)cc2)CC1.[Li+]. The third-order valence-electron chi connectivity index (χ3n) is 7.09. The quantitative estimate of drug-likeness (QED) is 0.310. The zero-order chi connectivity index (χ0) is 31.4. The van der Waals surface area contributed by atoms with Gasteiger partial charge in [0, 0.05) is 37.4 Å². The Kier molecular flexibility index (Phi) is 11.4. The number of nitrogens with zero attached hydrogens (tertiary/aromatic N) is 3. The molecule has 1 aromatic heterocycles. The van der Waals surface area contributed by atoms with Crippen LogP contribution in [0.15, 0.2) is 48.7 Å². The van der Waals surface area contributed by atoms with Gasteiger partial charge in [0.1, 0.15) is 11.4 Å². The Morgan fingerprint density at radius 2 is 1.68 bits per heavy atom. The summed E-state index contributed by atoms with van der Waals surface area (Å²) in [7, 11) is 0. The van der Waals surface area contributed by atoms with E-state index in [9.17, 15) is 32.3 Å². The summed E-state index contributed by atoms with van der Waals surface area (Å²) >= 11 is 0. The summed E-state index contributed by atoms with van der Waals surface area (Å²) < 4.78 is 60.5. The van der Waals surface area contributed by atoms with Gasteiger partial charge >= 0.3 is 31.1 Å². The van der Waals surface area contributed by atoms with E-state index in [4.69, 9.17) is 4.74 Å². The van der Waals surface area contributed by atoms with Gasteiger partial charge in [0.15, 0.2) is 0 Å². The molecule has 0 atom stereocenters. The molecule has 0 spiro atoms. The first-order chi connectivity index (χ1) is 20.2. The monoisotopic (exact) mass is 608 g/mol. The van der Waals surface area contributed by atoms with Gasteiger partial charge in [-0.3, -0.25) is 0 Å². The van der Waals surface area contributed by atoms with Crippen molar-refractivity contribution in [3.05, 3.63) is 82.4 Å². The first-order valence-electron chi connectivity index (χ1n) is 13.9. The Hall–Kier alpha value is -3.62. The van der Waals surface area contributed by atoms with E-state index in [1.165, 1.54) is 6.07 Å². The minimum Gasteiger partial charge on any atom is -0.550 e. The smallest absolute Gasteiger partial charge is 0.550 e. The number of likely N-dealkylation sites (tertiary alicyclic amines) is 1. The number of halogens is 4. The van der Waals surface area contributed by atoms with Crippen molar-refractivity contribution in [1.29, 1.82) is 0 Å². The molecule has 1 fully saturated rings. The van der Waals surface area contributed by atoms with E-state index in [1.54, 1.807) is 17.0 Å². The molecule has 1 saturated heterocycles. The van der Waals surface area contributed by atoms with Crippen LogP contribution in [0.4, 0.5) is 34.0 Å². The second-order valence-corrected chi connectivity index (χ2v) is 11.5. The van der Waals surface area contributed by atoms with Crippen molar-refractivity contribution in [2.45, 2.75) is 70.6 Å². The van der Waals surface area contributed by atoms with E-state index < -0.39 is 35.5 Å². The van der Waals surface area contributed by atoms with E-state index in [1.807, 2.05) is 32.9 Å². The number of anilines is 2. The molecule has 1 aliphatic rings. The molecule has 44 heavy (non-hydrogen) atoms. The number of rotatable bonds is 8. The Labute approximate surface area is 265 Å². The molecule has 13 heteroatoms. The molecule has 0 radical (unpaired) electrons. The summed E-state index contributed by atoms with van der Waals surface area (Å²) in [6.07, 6.45) is -3.58. The van der Waals surface area contributed by atoms with E-state index in [0.29, 0.717) is 25.0 Å². The minimum atomic E-state index is -4.72. The number of carbonyl (C=O) groups excluding carboxylic acids is 2. The number of piperidine rings is 1. The maximum atomic E-state index is 13.8. The van der Waals surface area contributed by atoms with Crippen LogP contribution in [0.3, 0.4) is 0 Å². The van der Waals surface area contributed by atoms with Crippen molar-refractivity contribution >= 4 is 23.7 Å². The average Bonchev–Trinajstić information content (AvgIpc) is 2.92. The number of benzene rings is 2. The van der Waals surface area contributed by atoms with Gasteiger partial charge in [0.2, 0.25) is 5.95 Å². The number of carbonyl (C=O) groups is 2. The Morgan fingerprint density at radius 3 is 2.27 bits per heavy atom. The molecule has 0 unspecified atom stereocenters. The van der Waals surface area contributed by atoms with Crippen molar-refractivity contribution < 1.29 is 55.9 Å². The Morgan fingerprint density at radius 1 is 1.02 bits per heavy atom. The van der Waals surface area contributed by atoms with Crippen LogP contribution in [0.2, 0.25) is 0 Å². The number of ether oxygens (including phenoxy) is 1. The second-order valence-electron chi connectivity index (χ2n) is 11.5. The van der Waals surface area contributed by atoms with Crippen LogP contribution in [0, 0.1) is 5.82 Å². The van der Waals surface area contributed by atoms with Crippen molar-refractivity contribution in [2.75, 3.05) is 18.4 Å². The first kappa shape index (κ1) is 34.9. The number of aliphatic carboxylic acids is 1. The van der Waals surface area contributed by atoms with Crippen molar-refractivity contribution in [3.8, 4) is 0 Å². The van der Waals surface area contributed by atoms with Crippen LogP contribution >= 0.6 is 0 Å². The summed E-state index contributed by atoms with van der Waals surface area (Å²) in [6.45, 7) is 6.63. The Bertz CT molecular complexity index is 1450. The molecule has 1 aliphatic heterocycles. The molecular weight excluding hydrogens is 575 g/mol. The minimum absolute atomic E-state index is 0. The fraction of sp³-hybridized carbons (Fsp3) is 0.419. The number of aromatic nitrogens is 2. The Balaban J connectivity index is 0.00000529. The summed E-state index contributed by atoms with van der Waals surface area (Å²) in [5.41, 5.74) is 0.286. The van der Waals surface area contributed by atoms with Crippen LogP contribution in [-0.2, 0) is 35.0 Å². The van der Waals surface area contributed by atoms with Gasteiger partial charge in [0.05, 0.1) is 11.3 Å². The van der Waals surface area contributed by atoms with Crippen LogP contribution < -0.4 is 29.3 Å². The number of nitrogens with one attached hydrogen (secondary N) is 1. The molecule has 0 aliphatic carbocycles. The summed E-state index contributed by atoms with van der Waals surface area (Å²) in [6, 6.07) is 10.9. The van der Waals surface area contributed by atoms with Gasteiger partial charge in [-0.05, 0) is 93.3 Å². The number of hydrogen-bond donors (Lipinski definition) is 1. The van der Waals surface area contributed by atoms with Gasteiger partial charge in [-0.15, -0.1) is 0 Å². The zero-order valence-electron chi connectivity index (χ0n) is 25.1. The van der Waals surface area contributed by atoms with E-state index in [2.05, 4.69) is 15.3 Å². The third-order valence-corrected chi connectivity index (χ3v) is 7.09. The van der Waals surface area contributed by atoms with Crippen LogP contribution in [0.25, 0.3) is 0 Å². The number of hydrogen-bond acceptors (Lipinski definition) is 7. The second kappa shape index (κ2) is 14.4. The molecule has 230 valence electrons. The van der Waals surface area contributed by atoms with E-state index in [-0.39, 0.29) is 66.5 Å². The predicted molar refractivity (Wildman–Crippen MR) is 149 cm³/mol. The molecule has 1 N–H and O–H groups in total. The maximum absolute atomic E-state index is 13.8. The van der Waals surface area contributed by atoms with Gasteiger partial charge in [-0.1, -0.05) is 18.2 Å². The summed E-state index contributed by atoms with van der Waals surface area (Å²) in [4.78, 5) is 33.1. The van der Waals surface area contributed by atoms with Crippen molar-refractivity contribution in [3.63, 3.8) is 0 Å². The zero-order valence-corrected chi connectivity index (χ0v) is 25.1. The number of amides is 1. The molecule has 0 saturated carbocycles. The van der Waals surface area contributed by atoms with Gasteiger partial charge in [-0.2, -0.15) is 13.2 Å². The first-order valence-corrected chi connectivity index (χ1v) is 13.9. The largest absolute Gasteiger partial charge is 1.00 e. The summed E-state index contributed by atoms with van der Waals surface area (Å²) in [5, 5.41) is 14.0. The summed E-state index contributed by atoms with van der Waals surface area (Å²) in [5.74, 6) is -1.81. The van der Waals surface area contributed by atoms with Gasteiger partial charge < -0.3 is 24.9 Å². The van der Waals surface area contributed by atoms with Gasteiger partial charge in [-0.25, -0.2) is 19.2 Å². The molecule has 4 rings (SSSR count). The molecule has 2 heterocycles. The topological polar surface area (TPSA) is 107 Å². The molecule has 3 aromatic rings. The predicted octanol–water partition coefficient (Wildman–Crippen LogP) is 2.57. The molecule has 0 bridgehead atoms. The van der Waals surface area contributed by atoms with E-state index in [0.717, 1.165) is 30.5 Å². The van der Waals surface area contributed by atoms with Crippen molar-refractivity contribution in [1.82, 2.24) is 14.9 Å². The normalized spacial score (nSPS) is 14.1. The molecule has 1 amide bonds. The number of carboxylic acids is 1. The fourth-order valence-electron chi connectivity index (χ4n) is 5.00. The number of carboxylic acid groups (broad SMARTS) is 1. The van der Waals surface area contributed by atoms with Crippen molar-refractivity contribution in [2.24, 2.45) is 0 Å². The molecule has 8 nitrogen and oxygen atoms in total. The third kappa shape index (κ3) is 9.69. The van der Waals surface area contributed by atoms with E-state index >= 15 is 0 Å². The number of aryl methyl sites for hydroxylation is 2. The van der Waals surface area contributed by atoms with Crippen LogP contribution in [-0.4, -0.2) is 45.6 Å². The van der Waals surface area contributed by atoms with Crippen LogP contribution in [0.5, 0.6) is 0 Å². The maximum Gasteiger partial charge on any atom is 1.00 e. The average molecular weight is 609 g/mol. The van der Waals surface area contributed by atoms with Gasteiger partial charge in [0.25, 0.3) is 0 Å². The fourth-order valence-corrected chi connectivity index (χ4v) is 5.00. The molecular formula is C31H33F4LiN4O4. The number of alkyl halides is 3. The molecule has 2 aromatic carbocycles. The van der Waals surface area contributed by atoms with Crippen LogP contribution in [0.1, 0.15) is 67.5 Å².